The van der Waals surface area contributed by atoms with Crippen molar-refractivity contribution >= 4 is 29.0 Å². The van der Waals surface area contributed by atoms with Crippen molar-refractivity contribution in [2.45, 2.75) is 0 Å². The molecule has 0 bridgehead atoms. The maximum Gasteiger partial charge on any atom is 0.254 e. The third kappa shape index (κ3) is 3.52. The summed E-state index contributed by atoms with van der Waals surface area (Å²) in [6.45, 7) is 2.46. The number of hydrogen-bond donors (Lipinski definition) is 1. The molecule has 7 heteroatoms. The van der Waals surface area contributed by atoms with Crippen LogP contribution < -0.4 is 5.32 Å². The second kappa shape index (κ2) is 6.72. The van der Waals surface area contributed by atoms with E-state index in [1.807, 2.05) is 12.1 Å². The number of carbonyl (C=O) groups excluding carboxylic acids is 1. The number of rotatable bonds is 3. The molecule has 1 fully saturated rings. The minimum absolute atomic E-state index is 0.0254. The first-order chi connectivity index (χ1) is 10.7. The fraction of sp³-hybridized carbons (Fsp3) is 0.267. The zero-order valence-electron chi connectivity index (χ0n) is 11.8. The zero-order valence-corrected chi connectivity index (χ0v) is 12.6. The second-order valence-corrected chi connectivity index (χ2v) is 5.22. The van der Waals surface area contributed by atoms with Crippen molar-refractivity contribution in [3.05, 3.63) is 47.4 Å². The Morgan fingerprint density at radius 2 is 1.91 bits per heavy atom. The molecule has 114 valence electrons. The summed E-state index contributed by atoms with van der Waals surface area (Å²) in [7, 11) is 0. The molecular weight excluding hydrogens is 304 g/mol. The molecule has 3 rings (SSSR count). The quantitative estimate of drug-likeness (QED) is 0.941. The molecule has 1 N–H and O–H groups in total. The van der Waals surface area contributed by atoms with E-state index in [9.17, 15) is 4.79 Å². The average Bonchev–Trinajstić information content (AvgIpc) is 2.56. The topological polar surface area (TPSA) is 67.4 Å². The molecule has 22 heavy (non-hydrogen) atoms. The summed E-state index contributed by atoms with van der Waals surface area (Å²) in [6.07, 6.45) is 3.05. The van der Waals surface area contributed by atoms with Crippen LogP contribution in [-0.2, 0) is 4.74 Å². The van der Waals surface area contributed by atoms with Gasteiger partial charge < -0.3 is 15.0 Å². The van der Waals surface area contributed by atoms with Crippen LogP contribution in [0.25, 0.3) is 0 Å². The van der Waals surface area contributed by atoms with Gasteiger partial charge in [-0.25, -0.2) is 4.98 Å². The Hall–Kier alpha value is -2.18. The maximum absolute atomic E-state index is 12.3. The highest BCUT2D eigenvalue weighted by molar-refractivity contribution is 6.29. The largest absolute Gasteiger partial charge is 0.378 e. The van der Waals surface area contributed by atoms with Crippen molar-refractivity contribution in [3.63, 3.8) is 0 Å². The van der Waals surface area contributed by atoms with Gasteiger partial charge in [0.1, 0.15) is 5.15 Å². The Morgan fingerprint density at radius 3 is 2.59 bits per heavy atom. The molecule has 0 radical (unpaired) electrons. The summed E-state index contributed by atoms with van der Waals surface area (Å²) in [5.41, 5.74) is 1.47. The Kier molecular flexibility index (Phi) is 4.50. The Bertz CT molecular complexity index is 657. The number of halogens is 1. The van der Waals surface area contributed by atoms with Gasteiger partial charge in [0, 0.05) is 24.3 Å². The lowest BCUT2D eigenvalue weighted by molar-refractivity contribution is 0.0303. The smallest absolute Gasteiger partial charge is 0.254 e. The molecule has 2 aromatic rings. The van der Waals surface area contributed by atoms with Crippen LogP contribution in [0.4, 0.5) is 11.5 Å². The van der Waals surface area contributed by atoms with Crippen LogP contribution in [-0.4, -0.2) is 47.1 Å². The minimum atomic E-state index is 0.0254. The molecule has 6 nitrogen and oxygen atoms in total. The SMILES string of the molecule is O=C(c1ccc(Nc2cncc(Cl)n2)cc1)N1CCOCC1. The number of nitrogens with one attached hydrogen (secondary N) is 1. The highest BCUT2D eigenvalue weighted by atomic mass is 35.5. The summed E-state index contributed by atoms with van der Waals surface area (Å²) < 4.78 is 5.25. The number of ether oxygens (including phenoxy) is 1. The maximum atomic E-state index is 12.3. The van der Waals surface area contributed by atoms with Gasteiger partial charge >= 0.3 is 0 Å². The number of anilines is 2. The van der Waals surface area contributed by atoms with E-state index in [4.69, 9.17) is 16.3 Å². The van der Waals surface area contributed by atoms with Crippen LogP contribution in [0.5, 0.6) is 0 Å². The lowest BCUT2D eigenvalue weighted by Gasteiger charge is -2.26. The van der Waals surface area contributed by atoms with Crippen molar-refractivity contribution in [2.75, 3.05) is 31.6 Å². The first-order valence-electron chi connectivity index (χ1n) is 6.94. The van der Waals surface area contributed by atoms with Crippen molar-refractivity contribution in [1.29, 1.82) is 0 Å². The number of nitrogens with zero attached hydrogens (tertiary/aromatic N) is 3. The van der Waals surface area contributed by atoms with Crippen molar-refractivity contribution in [3.8, 4) is 0 Å². The molecule has 0 saturated carbocycles. The number of amides is 1. The number of benzene rings is 1. The summed E-state index contributed by atoms with van der Waals surface area (Å²) in [6, 6.07) is 7.24. The molecule has 0 atom stereocenters. The normalized spacial score (nSPS) is 14.7. The Labute approximate surface area is 133 Å². The lowest BCUT2D eigenvalue weighted by atomic mass is 10.1. The molecule has 2 heterocycles. The molecule has 1 amide bonds. The third-order valence-electron chi connectivity index (χ3n) is 3.31. The van der Waals surface area contributed by atoms with E-state index in [-0.39, 0.29) is 5.91 Å². The van der Waals surface area contributed by atoms with Gasteiger partial charge in [-0.15, -0.1) is 0 Å². The molecule has 0 aliphatic carbocycles. The van der Waals surface area contributed by atoms with Crippen LogP contribution in [0.2, 0.25) is 5.15 Å². The average molecular weight is 319 g/mol. The standard InChI is InChI=1S/C15H15ClN4O2/c16-13-9-17-10-14(19-13)18-12-3-1-11(2-4-12)15(21)20-5-7-22-8-6-20/h1-4,9-10H,5-8H2,(H,18,19). The van der Waals surface area contributed by atoms with Gasteiger partial charge in [-0.2, -0.15) is 0 Å². The molecular formula is C15H15ClN4O2. The van der Waals surface area contributed by atoms with Crippen LogP contribution in [0.15, 0.2) is 36.7 Å². The van der Waals surface area contributed by atoms with Crippen LogP contribution in [0, 0.1) is 0 Å². The van der Waals surface area contributed by atoms with Crippen molar-refractivity contribution in [2.24, 2.45) is 0 Å². The van der Waals surface area contributed by atoms with Gasteiger partial charge in [0.25, 0.3) is 5.91 Å². The predicted octanol–water partition coefficient (Wildman–Crippen LogP) is 2.35. The fourth-order valence-corrected chi connectivity index (χ4v) is 2.34. The first kappa shape index (κ1) is 14.7. The highest BCUT2D eigenvalue weighted by Crippen LogP contribution is 2.17. The van der Waals surface area contributed by atoms with Gasteiger partial charge in [0.2, 0.25) is 0 Å². The van der Waals surface area contributed by atoms with Crippen LogP contribution in [0.1, 0.15) is 10.4 Å². The van der Waals surface area contributed by atoms with E-state index in [0.29, 0.717) is 42.8 Å². The molecule has 1 aliphatic rings. The molecule has 1 saturated heterocycles. The molecule has 1 aromatic heterocycles. The second-order valence-electron chi connectivity index (χ2n) is 4.83. The third-order valence-corrected chi connectivity index (χ3v) is 3.49. The summed E-state index contributed by atoms with van der Waals surface area (Å²) >= 11 is 5.79. The predicted molar refractivity (Wildman–Crippen MR) is 83.5 cm³/mol. The number of carbonyl (C=O) groups is 1. The van der Waals surface area contributed by atoms with E-state index >= 15 is 0 Å². The molecule has 1 aliphatic heterocycles. The van der Waals surface area contributed by atoms with E-state index in [1.54, 1.807) is 23.2 Å². The molecule has 0 unspecified atom stereocenters. The number of aromatic nitrogens is 2. The van der Waals surface area contributed by atoms with Gasteiger partial charge in [-0.05, 0) is 24.3 Å². The van der Waals surface area contributed by atoms with Gasteiger partial charge in [0.15, 0.2) is 5.82 Å². The Morgan fingerprint density at radius 1 is 1.18 bits per heavy atom. The van der Waals surface area contributed by atoms with E-state index in [2.05, 4.69) is 15.3 Å². The van der Waals surface area contributed by atoms with E-state index in [0.717, 1.165) is 5.69 Å². The summed E-state index contributed by atoms with van der Waals surface area (Å²) in [5.74, 6) is 0.581. The van der Waals surface area contributed by atoms with Gasteiger partial charge in [-0.3, -0.25) is 9.78 Å². The number of hydrogen-bond acceptors (Lipinski definition) is 5. The van der Waals surface area contributed by atoms with Gasteiger partial charge in [0.05, 0.1) is 25.6 Å². The molecule has 0 spiro atoms. The van der Waals surface area contributed by atoms with Gasteiger partial charge in [-0.1, -0.05) is 11.6 Å². The fourth-order valence-electron chi connectivity index (χ4n) is 2.20. The van der Waals surface area contributed by atoms with Crippen LogP contribution >= 0.6 is 11.6 Å². The highest BCUT2D eigenvalue weighted by Gasteiger charge is 2.18. The summed E-state index contributed by atoms with van der Waals surface area (Å²) in [4.78, 5) is 22.2. The van der Waals surface area contributed by atoms with Crippen molar-refractivity contribution < 1.29 is 9.53 Å². The minimum Gasteiger partial charge on any atom is -0.378 e. The summed E-state index contributed by atoms with van der Waals surface area (Å²) in [5, 5.41) is 3.41. The number of morpholine rings is 1. The lowest BCUT2D eigenvalue weighted by Crippen LogP contribution is -2.40. The van der Waals surface area contributed by atoms with E-state index < -0.39 is 0 Å². The molecule has 1 aromatic carbocycles. The zero-order chi connectivity index (χ0) is 15.4. The van der Waals surface area contributed by atoms with Crippen molar-refractivity contribution in [1.82, 2.24) is 14.9 Å². The van der Waals surface area contributed by atoms with E-state index in [1.165, 1.54) is 6.20 Å². The first-order valence-corrected chi connectivity index (χ1v) is 7.32. The monoisotopic (exact) mass is 318 g/mol. The van der Waals surface area contributed by atoms with Crippen LogP contribution in [0.3, 0.4) is 0 Å². The Balaban J connectivity index is 1.68.